The van der Waals surface area contributed by atoms with Crippen LogP contribution in [0.1, 0.15) is 12.5 Å². The zero-order valence-electron chi connectivity index (χ0n) is 15.5. The fourth-order valence-corrected chi connectivity index (χ4v) is 3.51. The standard InChI is InChI=1S/C19H24N2O4S/c1-5-20(16-9-6-8-15(2)12-16)19(22)14-21(26(4,23)24)17-10-7-11-18(13-17)25-3/h6-13H,5,14H2,1-4H3. The predicted molar refractivity (Wildman–Crippen MR) is 104 cm³/mol. The minimum atomic E-state index is -3.64. The summed E-state index contributed by atoms with van der Waals surface area (Å²) in [4.78, 5) is 14.4. The third kappa shape index (κ3) is 4.76. The molecule has 0 saturated heterocycles. The van der Waals surface area contributed by atoms with Crippen LogP contribution in [0.3, 0.4) is 0 Å². The second-order valence-corrected chi connectivity index (χ2v) is 7.85. The fourth-order valence-electron chi connectivity index (χ4n) is 2.67. The van der Waals surface area contributed by atoms with Crippen LogP contribution in [0.25, 0.3) is 0 Å². The van der Waals surface area contributed by atoms with Crippen LogP contribution < -0.4 is 13.9 Å². The smallest absolute Gasteiger partial charge is 0.247 e. The summed E-state index contributed by atoms with van der Waals surface area (Å²) in [6.45, 7) is 3.96. The van der Waals surface area contributed by atoms with Gasteiger partial charge in [-0.15, -0.1) is 0 Å². The highest BCUT2D eigenvalue weighted by Crippen LogP contribution is 2.24. The minimum absolute atomic E-state index is 0.284. The molecule has 0 bridgehead atoms. The topological polar surface area (TPSA) is 66.9 Å². The van der Waals surface area contributed by atoms with Crippen molar-refractivity contribution in [3.63, 3.8) is 0 Å². The lowest BCUT2D eigenvalue weighted by molar-refractivity contribution is -0.117. The first-order valence-corrected chi connectivity index (χ1v) is 10.1. The van der Waals surface area contributed by atoms with Crippen LogP contribution in [0.2, 0.25) is 0 Å². The number of sulfonamides is 1. The van der Waals surface area contributed by atoms with Crippen molar-refractivity contribution < 1.29 is 17.9 Å². The van der Waals surface area contributed by atoms with Crippen LogP contribution >= 0.6 is 0 Å². The summed E-state index contributed by atoms with van der Waals surface area (Å²) in [5, 5.41) is 0. The van der Waals surface area contributed by atoms with Gasteiger partial charge in [0.2, 0.25) is 15.9 Å². The molecule has 0 aliphatic carbocycles. The van der Waals surface area contributed by atoms with E-state index in [0.29, 0.717) is 18.0 Å². The number of carbonyl (C=O) groups excluding carboxylic acids is 1. The summed E-state index contributed by atoms with van der Waals surface area (Å²) < 4.78 is 30.8. The van der Waals surface area contributed by atoms with Gasteiger partial charge in [0.05, 0.1) is 19.1 Å². The van der Waals surface area contributed by atoms with E-state index >= 15 is 0 Å². The maximum absolute atomic E-state index is 12.9. The molecule has 0 heterocycles. The molecule has 0 aliphatic rings. The number of methoxy groups -OCH3 is 1. The predicted octanol–water partition coefficient (Wildman–Crippen LogP) is 2.82. The Bertz CT molecular complexity index is 881. The molecule has 0 unspecified atom stereocenters. The maximum Gasteiger partial charge on any atom is 0.247 e. The molecule has 6 nitrogen and oxygen atoms in total. The van der Waals surface area contributed by atoms with Crippen LogP contribution in [-0.2, 0) is 14.8 Å². The summed E-state index contributed by atoms with van der Waals surface area (Å²) in [5.41, 5.74) is 2.17. The van der Waals surface area contributed by atoms with Crippen molar-refractivity contribution in [1.82, 2.24) is 0 Å². The van der Waals surface area contributed by atoms with E-state index in [-0.39, 0.29) is 12.5 Å². The van der Waals surface area contributed by atoms with Gasteiger partial charge in [-0.3, -0.25) is 9.10 Å². The van der Waals surface area contributed by atoms with Crippen molar-refractivity contribution >= 4 is 27.3 Å². The molecule has 0 aromatic heterocycles. The van der Waals surface area contributed by atoms with Crippen molar-refractivity contribution in [2.24, 2.45) is 0 Å². The second-order valence-electron chi connectivity index (χ2n) is 5.95. The van der Waals surface area contributed by atoms with E-state index in [4.69, 9.17) is 4.74 Å². The molecular weight excluding hydrogens is 352 g/mol. The molecule has 140 valence electrons. The lowest BCUT2D eigenvalue weighted by Crippen LogP contribution is -2.42. The Morgan fingerprint density at radius 1 is 1.08 bits per heavy atom. The SMILES string of the molecule is CCN(C(=O)CN(c1cccc(OC)c1)S(C)(=O)=O)c1cccc(C)c1. The van der Waals surface area contributed by atoms with E-state index in [1.54, 1.807) is 29.2 Å². The van der Waals surface area contributed by atoms with Gasteiger partial charge in [-0.05, 0) is 43.7 Å². The van der Waals surface area contributed by atoms with Crippen molar-refractivity contribution in [1.29, 1.82) is 0 Å². The first-order chi connectivity index (χ1) is 12.3. The quantitative estimate of drug-likeness (QED) is 0.745. The molecular formula is C19H24N2O4S. The van der Waals surface area contributed by atoms with Gasteiger partial charge in [-0.25, -0.2) is 8.42 Å². The van der Waals surface area contributed by atoms with Gasteiger partial charge in [-0.2, -0.15) is 0 Å². The summed E-state index contributed by atoms with van der Waals surface area (Å²) in [7, 11) is -2.13. The Hall–Kier alpha value is -2.54. The lowest BCUT2D eigenvalue weighted by Gasteiger charge is -2.27. The van der Waals surface area contributed by atoms with Crippen molar-refractivity contribution in [3.8, 4) is 5.75 Å². The summed E-state index contributed by atoms with van der Waals surface area (Å²) in [5.74, 6) is 0.223. The van der Waals surface area contributed by atoms with Gasteiger partial charge in [-0.1, -0.05) is 18.2 Å². The summed E-state index contributed by atoms with van der Waals surface area (Å²) in [6, 6.07) is 14.2. The van der Waals surface area contributed by atoms with E-state index < -0.39 is 10.0 Å². The molecule has 0 radical (unpaired) electrons. The van der Waals surface area contributed by atoms with E-state index in [9.17, 15) is 13.2 Å². The highest BCUT2D eigenvalue weighted by molar-refractivity contribution is 7.92. The summed E-state index contributed by atoms with van der Waals surface area (Å²) >= 11 is 0. The summed E-state index contributed by atoms with van der Waals surface area (Å²) in [6.07, 6.45) is 1.09. The molecule has 2 aromatic carbocycles. The van der Waals surface area contributed by atoms with Crippen molar-refractivity contribution in [3.05, 3.63) is 54.1 Å². The zero-order valence-corrected chi connectivity index (χ0v) is 16.3. The number of aryl methyl sites for hydroxylation is 1. The van der Waals surface area contributed by atoms with Crippen LogP contribution in [0, 0.1) is 6.92 Å². The first kappa shape index (κ1) is 19.8. The van der Waals surface area contributed by atoms with Crippen LogP contribution in [0.4, 0.5) is 11.4 Å². The molecule has 0 N–H and O–H groups in total. The minimum Gasteiger partial charge on any atom is -0.497 e. The zero-order chi connectivity index (χ0) is 19.3. The average molecular weight is 376 g/mol. The molecule has 1 amide bonds. The molecule has 2 aromatic rings. The third-order valence-corrected chi connectivity index (χ3v) is 5.09. The molecule has 7 heteroatoms. The Balaban J connectivity index is 2.34. The molecule has 2 rings (SSSR count). The van der Waals surface area contributed by atoms with E-state index in [1.807, 2.05) is 38.1 Å². The Morgan fingerprint density at radius 2 is 1.73 bits per heavy atom. The number of likely N-dealkylation sites (N-methyl/N-ethyl adjacent to an activating group) is 1. The maximum atomic E-state index is 12.9. The van der Waals surface area contributed by atoms with Gasteiger partial charge >= 0.3 is 0 Å². The average Bonchev–Trinajstić information content (AvgIpc) is 2.59. The molecule has 0 atom stereocenters. The van der Waals surface area contributed by atoms with Gasteiger partial charge in [0.25, 0.3) is 0 Å². The number of amides is 1. The lowest BCUT2D eigenvalue weighted by atomic mass is 10.2. The number of benzene rings is 2. The Morgan fingerprint density at radius 3 is 2.31 bits per heavy atom. The number of nitrogens with zero attached hydrogens (tertiary/aromatic N) is 2. The van der Waals surface area contributed by atoms with Gasteiger partial charge in [0, 0.05) is 18.3 Å². The van der Waals surface area contributed by atoms with Gasteiger partial charge < -0.3 is 9.64 Å². The molecule has 0 fully saturated rings. The second kappa shape index (κ2) is 8.23. The fraction of sp³-hybridized carbons (Fsp3) is 0.316. The van der Waals surface area contributed by atoms with Gasteiger partial charge in [0.15, 0.2) is 0 Å². The Kier molecular flexibility index (Phi) is 6.26. The highest BCUT2D eigenvalue weighted by atomic mass is 32.2. The van der Waals surface area contributed by atoms with Gasteiger partial charge in [0.1, 0.15) is 12.3 Å². The third-order valence-electron chi connectivity index (χ3n) is 3.95. The van der Waals surface area contributed by atoms with Crippen molar-refractivity contribution in [2.45, 2.75) is 13.8 Å². The molecule has 0 aliphatic heterocycles. The van der Waals surface area contributed by atoms with Crippen LogP contribution in [-0.4, -0.2) is 40.8 Å². The van der Waals surface area contributed by atoms with Crippen molar-refractivity contribution in [2.75, 3.05) is 35.7 Å². The number of carbonyl (C=O) groups is 1. The molecule has 26 heavy (non-hydrogen) atoms. The first-order valence-electron chi connectivity index (χ1n) is 8.25. The highest BCUT2D eigenvalue weighted by Gasteiger charge is 2.24. The van der Waals surface area contributed by atoms with E-state index in [2.05, 4.69) is 0 Å². The molecule has 0 spiro atoms. The number of rotatable bonds is 7. The number of ether oxygens (including phenoxy) is 1. The van der Waals surface area contributed by atoms with Crippen LogP contribution in [0.15, 0.2) is 48.5 Å². The van der Waals surface area contributed by atoms with E-state index in [1.165, 1.54) is 7.11 Å². The molecule has 0 saturated carbocycles. The Labute approximate surface area is 155 Å². The van der Waals surface area contributed by atoms with E-state index in [0.717, 1.165) is 21.8 Å². The largest absolute Gasteiger partial charge is 0.497 e. The normalized spacial score (nSPS) is 11.1. The van der Waals surface area contributed by atoms with Crippen LogP contribution in [0.5, 0.6) is 5.75 Å². The monoisotopic (exact) mass is 376 g/mol. The number of anilines is 2. The number of hydrogen-bond acceptors (Lipinski definition) is 4. The number of hydrogen-bond donors (Lipinski definition) is 0.